The van der Waals surface area contributed by atoms with E-state index in [0.29, 0.717) is 69.2 Å². The number of sulfonamides is 3. The van der Waals surface area contributed by atoms with Crippen LogP contribution in [0.25, 0.3) is 20.9 Å². The predicted octanol–water partition coefficient (Wildman–Crippen LogP) is 17.4. The molecule has 6 bridgehead atoms. The fourth-order valence-corrected chi connectivity index (χ4v) is 20.4. The Balaban J connectivity index is 0.000000190. The van der Waals surface area contributed by atoms with Crippen LogP contribution in [0.2, 0.25) is 0 Å². The summed E-state index contributed by atoms with van der Waals surface area (Å²) in [5.74, 6) is 9.84. The van der Waals surface area contributed by atoms with Gasteiger partial charge in [-0.2, -0.15) is 0 Å². The lowest BCUT2D eigenvalue weighted by Crippen LogP contribution is -2.49. The highest BCUT2D eigenvalue weighted by Crippen LogP contribution is 2.67. The molecule has 14 nitrogen and oxygen atoms in total. The van der Waals surface area contributed by atoms with E-state index in [1.165, 1.54) is 74.1 Å². The van der Waals surface area contributed by atoms with Gasteiger partial charge in [-0.1, -0.05) is 137 Å². The molecular weight excluding hydrogens is 1060 g/mol. The fraction of sp³-hybridized carbons (Fsp3) is 0.714. The van der Waals surface area contributed by atoms with Crippen molar-refractivity contribution in [1.29, 1.82) is 0 Å². The molecule has 3 aromatic carbocycles. The number of benzene rings is 3. The van der Waals surface area contributed by atoms with E-state index in [9.17, 15) is 25.3 Å². The zero-order valence-corrected chi connectivity index (χ0v) is 53.7. The number of hydrogen-bond acceptors (Lipinski definition) is 7. The molecule has 0 saturated heterocycles. The molecule has 6 aliphatic carbocycles. The third kappa shape index (κ3) is 13.6. The van der Waals surface area contributed by atoms with Gasteiger partial charge in [0.25, 0.3) is 20.0 Å². The Morgan fingerprint density at radius 3 is 1.15 bits per heavy atom. The number of ether oxygens (including phenoxy) is 1. The molecule has 6 saturated carbocycles. The molecule has 14 unspecified atom stereocenters. The number of azide groups is 2. The van der Waals surface area contributed by atoms with Crippen LogP contribution < -0.4 is 9.46 Å². The summed E-state index contributed by atoms with van der Waals surface area (Å²) in [5.41, 5.74) is 19.9. The van der Waals surface area contributed by atoms with Crippen LogP contribution in [-0.4, -0.2) is 31.3 Å². The van der Waals surface area contributed by atoms with Gasteiger partial charge in [-0.15, -0.1) is 0 Å². The Bertz CT molecular complexity index is 3100. The summed E-state index contributed by atoms with van der Waals surface area (Å²) in [5, 5.41) is 0. The second-order valence-electron chi connectivity index (χ2n) is 31.2. The Hall–Kier alpha value is -4.11. The first-order valence-electron chi connectivity index (χ1n) is 29.2. The molecule has 9 rings (SSSR count). The molecule has 17 heteroatoms. The van der Waals surface area contributed by atoms with Crippen molar-refractivity contribution in [3.05, 3.63) is 99.2 Å². The van der Waals surface area contributed by atoms with Crippen LogP contribution in [0.4, 0.5) is 0 Å². The first-order valence-corrected chi connectivity index (χ1v) is 33.6. The second-order valence-corrected chi connectivity index (χ2v) is 36.1. The Morgan fingerprint density at radius 1 is 0.425 bits per heavy atom. The van der Waals surface area contributed by atoms with Gasteiger partial charge < -0.3 is 4.74 Å². The summed E-state index contributed by atoms with van der Waals surface area (Å²) >= 11 is 0. The number of nitrogens with one attached hydrogen (secondary N) is 1. The first-order chi connectivity index (χ1) is 36.6. The van der Waals surface area contributed by atoms with Gasteiger partial charge in [0.05, 0.1) is 14.7 Å². The minimum atomic E-state index is -4.08. The molecule has 0 heterocycles. The van der Waals surface area contributed by atoms with E-state index in [1.807, 2.05) is 12.1 Å². The van der Waals surface area contributed by atoms with Crippen molar-refractivity contribution in [3.8, 4) is 11.5 Å². The van der Waals surface area contributed by atoms with Gasteiger partial charge >= 0.3 is 0 Å². The van der Waals surface area contributed by atoms with Crippen LogP contribution in [0.15, 0.2) is 96.5 Å². The normalized spacial score (nSPS) is 30.4. The van der Waals surface area contributed by atoms with Crippen LogP contribution in [0.5, 0.6) is 11.5 Å². The minimum absolute atomic E-state index is 0.0622. The predicted molar refractivity (Wildman–Crippen MR) is 320 cm³/mol. The topological polar surface area (TPSA) is 221 Å². The van der Waals surface area contributed by atoms with Gasteiger partial charge in [0, 0.05) is 24.9 Å². The van der Waals surface area contributed by atoms with Crippen molar-refractivity contribution in [2.75, 3.05) is 0 Å². The standard InChI is InChI=1S/C27H36N4O5S2.C21H31N3O2S.C15H28/c1-26(2,3)24-17-15-22(25(24)27(4,5)6)23(16-17)29-37(32,33)20-11-7-18(8-12-20)36-19-9-13-21(14-10-19)38(34,35)31-30-28;1-20(2,3)18-14-11-16(17(12-14)19(18)21(4,5)6)13-7-9-15(10-8-13)27(25,26)24-23-22;1-14(2,3)12-10-7-8-11(9-10)13(12)15(4,5)6/h7-14,17,22-25,29H,15-16H2,1-6H3;7-10,14,16-19H,11-12H2,1-6H3;10-13H,7-9H2,1-6H3. The molecule has 0 amide bonds. The van der Waals surface area contributed by atoms with E-state index in [-0.39, 0.29) is 37.0 Å². The zero-order chi connectivity index (χ0) is 59.7. The van der Waals surface area contributed by atoms with Gasteiger partial charge in [-0.05, 0) is 232 Å². The molecule has 80 heavy (non-hydrogen) atoms. The third-order valence-corrected chi connectivity index (χ3v) is 23.4. The van der Waals surface area contributed by atoms with E-state index >= 15 is 0 Å². The minimum Gasteiger partial charge on any atom is -0.457 e. The molecule has 442 valence electrons. The molecule has 0 aromatic heterocycles. The highest BCUT2D eigenvalue weighted by atomic mass is 32.2. The third-order valence-electron chi connectivity index (χ3n) is 19.6. The quantitative estimate of drug-likeness (QED) is 0.117. The average Bonchev–Trinajstić information content (AvgIpc) is 4.22. The van der Waals surface area contributed by atoms with Crippen molar-refractivity contribution >= 4 is 30.1 Å². The fourth-order valence-electron chi connectivity index (χ4n) is 17.7. The van der Waals surface area contributed by atoms with Crippen molar-refractivity contribution in [2.45, 2.75) is 196 Å². The monoisotopic (exact) mass is 1160 g/mol. The number of fused-ring (bicyclic) bond motifs is 6. The maximum absolute atomic E-state index is 13.3. The molecule has 0 aliphatic heterocycles. The number of rotatable bonds is 10. The summed E-state index contributed by atoms with van der Waals surface area (Å²) < 4.78 is 88.5. The summed E-state index contributed by atoms with van der Waals surface area (Å²) in [7, 11) is -11.7. The van der Waals surface area contributed by atoms with Gasteiger partial charge in [0.1, 0.15) is 11.5 Å². The molecule has 6 fully saturated rings. The Kier molecular flexibility index (Phi) is 17.8. The lowest BCUT2D eigenvalue weighted by molar-refractivity contribution is 0.0146. The van der Waals surface area contributed by atoms with Crippen molar-refractivity contribution in [1.82, 2.24) is 4.72 Å². The van der Waals surface area contributed by atoms with Crippen LogP contribution in [-0.2, 0) is 30.1 Å². The Labute approximate surface area is 481 Å². The molecule has 0 radical (unpaired) electrons. The summed E-state index contributed by atoms with van der Waals surface area (Å²) in [6.45, 7) is 42.7. The van der Waals surface area contributed by atoms with Crippen LogP contribution >= 0.6 is 0 Å². The van der Waals surface area contributed by atoms with E-state index in [2.05, 4.69) is 148 Å². The van der Waals surface area contributed by atoms with E-state index in [0.717, 1.165) is 48.3 Å². The van der Waals surface area contributed by atoms with Gasteiger partial charge in [-0.25, -0.2) is 30.0 Å². The highest BCUT2D eigenvalue weighted by molar-refractivity contribution is 7.90. The van der Waals surface area contributed by atoms with Gasteiger partial charge in [0.15, 0.2) is 0 Å². The largest absolute Gasteiger partial charge is 0.457 e. The SMILES string of the molecule is CC(C)(C)C1C2CC(NS(=O)(=O)c3ccc(Oc4ccc(S(=O)(=O)N=[N+]=[N-])cc4)cc3)C(C2)C1C(C)(C)C.CC(C)(C)C1C2CC(c3ccc(S(=O)(=O)N=[N+]=[N-])cc3)C(C2)C1C(C)(C)C.CC(C)(C)C1C2CCC(C2)C1C(C)(C)C. The van der Waals surface area contributed by atoms with Crippen LogP contribution in [0.3, 0.4) is 0 Å². The number of hydrogen-bond donors (Lipinski definition) is 1. The lowest BCUT2D eigenvalue weighted by atomic mass is 9.56. The molecule has 1 N–H and O–H groups in total. The van der Waals surface area contributed by atoms with Crippen LogP contribution in [0, 0.1) is 104 Å². The van der Waals surface area contributed by atoms with E-state index in [4.69, 9.17) is 15.8 Å². The smallest absolute Gasteiger partial charge is 0.264 e. The maximum Gasteiger partial charge on any atom is 0.264 e. The summed E-state index contributed by atoms with van der Waals surface area (Å²) in [4.78, 5) is 4.82. The first kappa shape index (κ1) is 63.5. The highest BCUT2D eigenvalue weighted by Gasteiger charge is 2.61. The van der Waals surface area contributed by atoms with Gasteiger partial charge in [-0.3, -0.25) is 0 Å². The number of nitrogens with zero attached hydrogens (tertiary/aromatic N) is 6. The van der Waals surface area contributed by atoms with E-state index < -0.39 is 30.1 Å². The van der Waals surface area contributed by atoms with Crippen molar-refractivity contribution in [2.24, 2.45) is 113 Å². The average molecular weight is 1160 g/mol. The molecule has 14 atom stereocenters. The second kappa shape index (κ2) is 22.5. The molecule has 3 aromatic rings. The van der Waals surface area contributed by atoms with E-state index in [1.54, 1.807) is 24.3 Å². The van der Waals surface area contributed by atoms with Gasteiger partial charge in [0.2, 0.25) is 10.0 Å². The molecule has 6 aliphatic rings. The van der Waals surface area contributed by atoms with Crippen molar-refractivity contribution in [3.63, 3.8) is 0 Å². The molecular formula is C63H95N7O7S3. The van der Waals surface area contributed by atoms with Crippen molar-refractivity contribution < 1.29 is 30.0 Å². The summed E-state index contributed by atoms with van der Waals surface area (Å²) in [6, 6.07) is 18.4. The van der Waals surface area contributed by atoms with Crippen LogP contribution in [0.1, 0.15) is 181 Å². The molecule has 0 spiro atoms. The maximum atomic E-state index is 13.3. The Morgan fingerprint density at radius 2 is 0.762 bits per heavy atom. The summed E-state index contributed by atoms with van der Waals surface area (Å²) in [6.07, 6.45) is 8.94. The lowest BCUT2D eigenvalue weighted by Gasteiger charge is -2.48. The zero-order valence-electron chi connectivity index (χ0n) is 51.2.